The molecule has 0 unspecified atom stereocenters. The molecule has 168 valence electrons. The van der Waals surface area contributed by atoms with E-state index in [1.165, 1.54) is 50.2 Å². The van der Waals surface area contributed by atoms with E-state index in [1.807, 2.05) is 24.3 Å². The highest BCUT2D eigenvalue weighted by atomic mass is 19.2. The summed E-state index contributed by atoms with van der Waals surface area (Å²) in [4.78, 5) is 0. The minimum absolute atomic E-state index is 0.0516. The van der Waals surface area contributed by atoms with Gasteiger partial charge in [0.15, 0.2) is 11.6 Å². The fourth-order valence-corrected chi connectivity index (χ4v) is 5.00. The van der Waals surface area contributed by atoms with Gasteiger partial charge < -0.3 is 4.74 Å². The molecule has 1 aliphatic carbocycles. The molecular formula is C29H32F2O. The first-order valence-electron chi connectivity index (χ1n) is 11.9. The lowest BCUT2D eigenvalue weighted by Gasteiger charge is -2.28. The molecule has 0 amide bonds. The van der Waals surface area contributed by atoms with Gasteiger partial charge in [-0.25, -0.2) is 4.39 Å². The molecule has 32 heavy (non-hydrogen) atoms. The summed E-state index contributed by atoms with van der Waals surface area (Å²) in [6.07, 6.45) is 7.96. The van der Waals surface area contributed by atoms with Crippen molar-refractivity contribution in [2.24, 2.45) is 5.92 Å². The minimum Gasteiger partial charge on any atom is -0.491 e. The quantitative estimate of drug-likeness (QED) is 0.361. The lowest BCUT2D eigenvalue weighted by molar-refractivity contribution is 0.308. The van der Waals surface area contributed by atoms with Crippen LogP contribution in [-0.4, -0.2) is 6.61 Å². The van der Waals surface area contributed by atoms with Gasteiger partial charge in [0, 0.05) is 5.56 Å². The van der Waals surface area contributed by atoms with Crippen LogP contribution in [0.4, 0.5) is 8.78 Å². The van der Waals surface area contributed by atoms with Gasteiger partial charge in [-0.15, -0.1) is 0 Å². The highest BCUT2D eigenvalue weighted by Crippen LogP contribution is 2.38. The van der Waals surface area contributed by atoms with Crippen LogP contribution >= 0.6 is 0 Å². The Morgan fingerprint density at radius 3 is 1.91 bits per heavy atom. The van der Waals surface area contributed by atoms with Crippen LogP contribution in [0, 0.1) is 17.6 Å². The van der Waals surface area contributed by atoms with Crippen molar-refractivity contribution in [3.8, 4) is 28.0 Å². The predicted octanol–water partition coefficient (Wildman–Crippen LogP) is 8.77. The normalized spacial score (nSPS) is 18.5. The van der Waals surface area contributed by atoms with Crippen molar-refractivity contribution in [2.75, 3.05) is 6.61 Å². The molecule has 3 aromatic rings. The molecule has 0 heterocycles. The highest BCUT2D eigenvalue weighted by Gasteiger charge is 2.21. The van der Waals surface area contributed by atoms with E-state index in [-0.39, 0.29) is 11.3 Å². The van der Waals surface area contributed by atoms with E-state index in [0.717, 1.165) is 17.0 Å². The van der Waals surface area contributed by atoms with Crippen molar-refractivity contribution in [2.45, 2.75) is 58.3 Å². The molecule has 0 aromatic heterocycles. The van der Waals surface area contributed by atoms with Crippen LogP contribution in [0.2, 0.25) is 0 Å². The molecule has 3 heteroatoms. The molecule has 1 nitrogen and oxygen atoms in total. The molecule has 0 N–H and O–H groups in total. The summed E-state index contributed by atoms with van der Waals surface area (Å²) >= 11 is 0. The molecule has 0 aliphatic heterocycles. The Bertz CT molecular complexity index is 1020. The lowest BCUT2D eigenvalue weighted by atomic mass is 9.77. The zero-order chi connectivity index (χ0) is 22.5. The van der Waals surface area contributed by atoms with E-state index in [2.05, 4.69) is 31.2 Å². The highest BCUT2D eigenvalue weighted by molar-refractivity contribution is 5.71. The Balaban J connectivity index is 1.46. The summed E-state index contributed by atoms with van der Waals surface area (Å²) in [5, 5.41) is 0. The fourth-order valence-electron chi connectivity index (χ4n) is 5.00. The van der Waals surface area contributed by atoms with Gasteiger partial charge in [-0.2, -0.15) is 4.39 Å². The maximum absolute atomic E-state index is 14.5. The summed E-state index contributed by atoms with van der Waals surface area (Å²) in [6, 6.07) is 19.6. The first kappa shape index (κ1) is 22.5. The lowest BCUT2D eigenvalue weighted by Crippen LogP contribution is -2.13. The van der Waals surface area contributed by atoms with Crippen molar-refractivity contribution in [3.05, 3.63) is 77.9 Å². The van der Waals surface area contributed by atoms with Gasteiger partial charge in [0.1, 0.15) is 0 Å². The van der Waals surface area contributed by atoms with Gasteiger partial charge in [0.05, 0.1) is 6.61 Å². The van der Waals surface area contributed by atoms with Crippen molar-refractivity contribution < 1.29 is 13.5 Å². The Morgan fingerprint density at radius 1 is 0.719 bits per heavy atom. The third-order valence-corrected chi connectivity index (χ3v) is 6.80. The molecular weight excluding hydrogens is 402 g/mol. The maximum atomic E-state index is 14.5. The summed E-state index contributed by atoms with van der Waals surface area (Å²) in [5.41, 5.74) is 4.53. The topological polar surface area (TPSA) is 9.23 Å². The average Bonchev–Trinajstić information content (AvgIpc) is 2.83. The Morgan fingerprint density at radius 2 is 1.31 bits per heavy atom. The van der Waals surface area contributed by atoms with Crippen LogP contribution < -0.4 is 4.74 Å². The molecule has 0 saturated heterocycles. The molecule has 3 aromatic carbocycles. The van der Waals surface area contributed by atoms with Crippen LogP contribution in [-0.2, 0) is 0 Å². The number of benzene rings is 3. The fraction of sp³-hybridized carbons (Fsp3) is 0.379. The maximum Gasteiger partial charge on any atom is 0.201 e. The minimum atomic E-state index is -0.937. The number of ether oxygens (including phenoxy) is 1. The monoisotopic (exact) mass is 434 g/mol. The third kappa shape index (κ3) is 4.87. The zero-order valence-corrected chi connectivity index (χ0v) is 19.0. The van der Waals surface area contributed by atoms with Gasteiger partial charge in [-0.05, 0) is 78.8 Å². The number of rotatable bonds is 7. The van der Waals surface area contributed by atoms with E-state index < -0.39 is 11.6 Å². The van der Waals surface area contributed by atoms with Gasteiger partial charge in [0.25, 0.3) is 0 Å². The van der Waals surface area contributed by atoms with Crippen molar-refractivity contribution in [1.29, 1.82) is 0 Å². The second-order valence-electron chi connectivity index (χ2n) is 8.88. The van der Waals surface area contributed by atoms with Crippen LogP contribution in [0.5, 0.6) is 5.75 Å². The van der Waals surface area contributed by atoms with Crippen molar-refractivity contribution in [1.82, 2.24) is 0 Å². The number of hydrogen-bond donors (Lipinski definition) is 0. The predicted molar refractivity (Wildman–Crippen MR) is 128 cm³/mol. The van der Waals surface area contributed by atoms with Crippen LogP contribution in [0.25, 0.3) is 22.3 Å². The van der Waals surface area contributed by atoms with Crippen LogP contribution in [0.15, 0.2) is 60.7 Å². The second kappa shape index (κ2) is 10.3. The third-order valence-electron chi connectivity index (χ3n) is 6.80. The molecule has 0 radical (unpaired) electrons. The first-order chi connectivity index (χ1) is 15.6. The second-order valence-corrected chi connectivity index (χ2v) is 8.88. The average molecular weight is 435 g/mol. The Kier molecular flexibility index (Phi) is 7.24. The summed E-state index contributed by atoms with van der Waals surface area (Å²) < 4.78 is 33.9. The molecule has 1 fully saturated rings. The molecule has 0 spiro atoms. The zero-order valence-electron chi connectivity index (χ0n) is 19.0. The summed E-state index contributed by atoms with van der Waals surface area (Å²) in [6.45, 7) is 4.32. The van der Waals surface area contributed by atoms with Gasteiger partial charge in [0.2, 0.25) is 5.82 Å². The van der Waals surface area contributed by atoms with E-state index in [9.17, 15) is 8.78 Å². The first-order valence-corrected chi connectivity index (χ1v) is 11.9. The molecule has 0 atom stereocenters. The summed E-state index contributed by atoms with van der Waals surface area (Å²) in [5.74, 6) is -0.265. The van der Waals surface area contributed by atoms with E-state index in [1.54, 1.807) is 13.0 Å². The van der Waals surface area contributed by atoms with Gasteiger partial charge >= 0.3 is 0 Å². The largest absolute Gasteiger partial charge is 0.491 e. The standard InChI is InChI=1S/C29H32F2O/c1-3-5-20-6-8-21(9-7-20)22-10-12-23(13-11-22)24-14-16-25(17-15-24)26-18-19-27(32-4-2)29(31)28(26)30/h10-21H,3-9H2,1-2H3. The van der Waals surface area contributed by atoms with Crippen LogP contribution in [0.3, 0.4) is 0 Å². The summed E-state index contributed by atoms with van der Waals surface area (Å²) in [7, 11) is 0. The smallest absolute Gasteiger partial charge is 0.201 e. The van der Waals surface area contributed by atoms with Gasteiger partial charge in [-0.3, -0.25) is 0 Å². The number of halogens is 2. The molecule has 1 saturated carbocycles. The van der Waals surface area contributed by atoms with Crippen molar-refractivity contribution >= 4 is 0 Å². The van der Waals surface area contributed by atoms with E-state index in [0.29, 0.717) is 18.1 Å². The Hall–Kier alpha value is -2.68. The van der Waals surface area contributed by atoms with E-state index in [4.69, 9.17) is 4.74 Å². The molecule has 4 rings (SSSR count). The van der Waals surface area contributed by atoms with Crippen LogP contribution in [0.1, 0.15) is 63.9 Å². The number of hydrogen-bond acceptors (Lipinski definition) is 1. The molecule has 0 bridgehead atoms. The SMILES string of the molecule is CCCC1CCC(c2ccc(-c3ccc(-c4ccc(OCC)c(F)c4F)cc3)cc2)CC1. The Labute approximate surface area is 190 Å². The van der Waals surface area contributed by atoms with Crippen molar-refractivity contribution in [3.63, 3.8) is 0 Å². The molecule has 1 aliphatic rings. The van der Waals surface area contributed by atoms with E-state index >= 15 is 0 Å². The van der Waals surface area contributed by atoms with Gasteiger partial charge in [-0.1, -0.05) is 68.3 Å².